The first-order valence-electron chi connectivity index (χ1n) is 8.83. The lowest BCUT2D eigenvalue weighted by Crippen LogP contribution is -2.22. The fourth-order valence-corrected chi connectivity index (χ4v) is 2.55. The van der Waals surface area contributed by atoms with Crippen LogP contribution >= 0.6 is 0 Å². The lowest BCUT2D eigenvalue weighted by atomic mass is 10.1. The van der Waals surface area contributed by atoms with Crippen LogP contribution in [0.5, 0.6) is 11.5 Å². The maximum atomic E-state index is 12.3. The average molecular weight is 365 g/mol. The van der Waals surface area contributed by atoms with E-state index in [1.54, 1.807) is 25.4 Å². The van der Waals surface area contributed by atoms with Crippen molar-refractivity contribution < 1.29 is 14.3 Å². The largest absolute Gasteiger partial charge is 0.497 e. The number of ether oxygens (including phenoxy) is 2. The Labute approximate surface area is 158 Å². The van der Waals surface area contributed by atoms with E-state index in [2.05, 4.69) is 10.4 Å². The minimum Gasteiger partial charge on any atom is -0.497 e. The van der Waals surface area contributed by atoms with Gasteiger partial charge in [0.2, 0.25) is 0 Å². The number of aromatic nitrogens is 2. The summed E-state index contributed by atoms with van der Waals surface area (Å²) < 4.78 is 12.7. The van der Waals surface area contributed by atoms with Crippen molar-refractivity contribution in [3.05, 3.63) is 77.6 Å². The Morgan fingerprint density at radius 2 is 1.74 bits per heavy atom. The molecular formula is C21H23N3O3. The van der Waals surface area contributed by atoms with E-state index in [-0.39, 0.29) is 5.91 Å². The fourth-order valence-electron chi connectivity index (χ4n) is 2.55. The Bertz CT molecular complexity index is 870. The zero-order valence-corrected chi connectivity index (χ0v) is 15.5. The van der Waals surface area contributed by atoms with E-state index in [4.69, 9.17) is 9.47 Å². The van der Waals surface area contributed by atoms with Gasteiger partial charge in [-0.1, -0.05) is 12.1 Å². The molecule has 1 aromatic heterocycles. The second-order valence-corrected chi connectivity index (χ2v) is 6.05. The monoisotopic (exact) mass is 365 g/mol. The third-order valence-electron chi connectivity index (χ3n) is 4.14. The molecule has 0 radical (unpaired) electrons. The van der Waals surface area contributed by atoms with Crippen molar-refractivity contribution in [1.29, 1.82) is 0 Å². The summed E-state index contributed by atoms with van der Waals surface area (Å²) in [6.07, 6.45) is 3.70. The molecule has 0 saturated heterocycles. The van der Waals surface area contributed by atoms with Gasteiger partial charge in [-0.15, -0.1) is 0 Å². The number of hydrogen-bond acceptors (Lipinski definition) is 4. The Hall–Kier alpha value is -3.28. The van der Waals surface area contributed by atoms with Crippen molar-refractivity contribution in [2.75, 3.05) is 7.11 Å². The summed E-state index contributed by atoms with van der Waals surface area (Å²) in [6.45, 7) is 3.73. The lowest BCUT2D eigenvalue weighted by molar-refractivity contribution is 0.0951. The molecule has 1 N–H and O–H groups in total. The number of nitrogens with zero attached hydrogens (tertiary/aromatic N) is 2. The van der Waals surface area contributed by atoms with Gasteiger partial charge < -0.3 is 14.8 Å². The van der Waals surface area contributed by atoms with E-state index in [1.807, 2.05) is 54.2 Å². The van der Waals surface area contributed by atoms with Crippen molar-refractivity contribution in [3.8, 4) is 11.5 Å². The Morgan fingerprint density at radius 1 is 1.04 bits per heavy atom. The number of aryl methyl sites for hydroxylation is 1. The molecule has 0 aliphatic rings. The number of amides is 1. The Kier molecular flexibility index (Phi) is 6.10. The first-order chi connectivity index (χ1) is 13.2. The van der Waals surface area contributed by atoms with E-state index < -0.39 is 0 Å². The first kappa shape index (κ1) is 18.5. The van der Waals surface area contributed by atoms with Gasteiger partial charge in [-0.05, 0) is 48.9 Å². The highest BCUT2D eigenvalue weighted by atomic mass is 16.5. The zero-order chi connectivity index (χ0) is 19.1. The second kappa shape index (κ2) is 8.89. The van der Waals surface area contributed by atoms with Gasteiger partial charge in [0.25, 0.3) is 5.91 Å². The Balaban J connectivity index is 1.50. The quantitative estimate of drug-likeness (QED) is 0.664. The number of hydrogen-bond donors (Lipinski definition) is 1. The van der Waals surface area contributed by atoms with Crippen LogP contribution in [0, 0.1) is 0 Å². The lowest BCUT2D eigenvalue weighted by Gasteiger charge is -2.08. The van der Waals surface area contributed by atoms with Crippen LogP contribution in [0.2, 0.25) is 0 Å². The molecule has 1 amide bonds. The first-order valence-corrected chi connectivity index (χ1v) is 8.83. The summed E-state index contributed by atoms with van der Waals surface area (Å²) in [4.78, 5) is 12.3. The molecule has 27 heavy (non-hydrogen) atoms. The summed E-state index contributed by atoms with van der Waals surface area (Å²) >= 11 is 0. The summed E-state index contributed by atoms with van der Waals surface area (Å²) in [5, 5.41) is 7.10. The zero-order valence-electron chi connectivity index (χ0n) is 15.5. The Morgan fingerprint density at radius 3 is 2.37 bits per heavy atom. The van der Waals surface area contributed by atoms with Crippen molar-refractivity contribution >= 4 is 5.91 Å². The third kappa shape index (κ3) is 5.10. The van der Waals surface area contributed by atoms with Crippen LogP contribution < -0.4 is 14.8 Å². The van der Waals surface area contributed by atoms with E-state index in [9.17, 15) is 4.79 Å². The molecule has 1 heterocycles. The highest BCUT2D eigenvalue weighted by Gasteiger charge is 2.06. The van der Waals surface area contributed by atoms with Crippen molar-refractivity contribution in [3.63, 3.8) is 0 Å². The molecule has 0 aliphatic heterocycles. The van der Waals surface area contributed by atoms with E-state index in [1.165, 1.54) is 0 Å². The van der Waals surface area contributed by atoms with Gasteiger partial charge in [-0.25, -0.2) is 0 Å². The topological polar surface area (TPSA) is 65.4 Å². The maximum Gasteiger partial charge on any atom is 0.251 e. The minimum absolute atomic E-state index is 0.109. The summed E-state index contributed by atoms with van der Waals surface area (Å²) in [5.41, 5.74) is 2.59. The molecular weight excluding hydrogens is 342 g/mol. The van der Waals surface area contributed by atoms with Crippen molar-refractivity contribution in [1.82, 2.24) is 15.1 Å². The highest BCUT2D eigenvalue weighted by molar-refractivity contribution is 5.94. The van der Waals surface area contributed by atoms with Crippen LogP contribution in [0.1, 0.15) is 28.4 Å². The normalized spacial score (nSPS) is 10.4. The van der Waals surface area contributed by atoms with Crippen molar-refractivity contribution in [2.45, 2.75) is 26.6 Å². The molecule has 6 heteroatoms. The maximum absolute atomic E-state index is 12.3. The van der Waals surface area contributed by atoms with Gasteiger partial charge in [-0.3, -0.25) is 9.48 Å². The summed E-state index contributed by atoms with van der Waals surface area (Å²) in [7, 11) is 1.63. The van der Waals surface area contributed by atoms with Gasteiger partial charge in [0, 0.05) is 30.4 Å². The number of methoxy groups -OCH3 is 1. The van der Waals surface area contributed by atoms with Crippen molar-refractivity contribution in [2.24, 2.45) is 0 Å². The number of carbonyl (C=O) groups is 1. The smallest absolute Gasteiger partial charge is 0.251 e. The molecule has 0 atom stereocenters. The van der Waals surface area contributed by atoms with Gasteiger partial charge in [0.1, 0.15) is 18.1 Å². The van der Waals surface area contributed by atoms with Crippen LogP contribution in [-0.2, 0) is 19.7 Å². The predicted octanol–water partition coefficient (Wildman–Crippen LogP) is 3.42. The van der Waals surface area contributed by atoms with E-state index >= 15 is 0 Å². The molecule has 0 spiro atoms. The number of rotatable bonds is 8. The highest BCUT2D eigenvalue weighted by Crippen LogP contribution is 2.18. The second-order valence-electron chi connectivity index (χ2n) is 6.05. The number of nitrogens with one attached hydrogen (secondary N) is 1. The van der Waals surface area contributed by atoms with E-state index in [0.717, 1.165) is 29.2 Å². The van der Waals surface area contributed by atoms with Crippen LogP contribution in [0.4, 0.5) is 0 Å². The molecule has 3 rings (SSSR count). The van der Waals surface area contributed by atoms with Gasteiger partial charge >= 0.3 is 0 Å². The van der Waals surface area contributed by atoms with Crippen LogP contribution in [0.3, 0.4) is 0 Å². The average Bonchev–Trinajstić information content (AvgIpc) is 3.19. The molecule has 0 unspecified atom stereocenters. The molecule has 2 aromatic carbocycles. The van der Waals surface area contributed by atoms with Gasteiger partial charge in [-0.2, -0.15) is 5.10 Å². The molecule has 3 aromatic rings. The number of benzene rings is 2. The van der Waals surface area contributed by atoms with E-state index in [0.29, 0.717) is 18.7 Å². The van der Waals surface area contributed by atoms with Gasteiger partial charge in [0.05, 0.1) is 13.3 Å². The minimum atomic E-state index is -0.109. The predicted molar refractivity (Wildman–Crippen MR) is 103 cm³/mol. The summed E-state index contributed by atoms with van der Waals surface area (Å²) in [5.74, 6) is 1.45. The standard InChI is InChI=1S/C21H23N3O3/c1-3-24-14-17(13-23-24)12-22-21(25)18-6-4-16(5-7-18)15-27-20-10-8-19(26-2)9-11-20/h4-11,13-14H,3,12,15H2,1-2H3,(H,22,25). The fraction of sp³-hybridized carbons (Fsp3) is 0.238. The SMILES string of the molecule is CCn1cc(CNC(=O)c2ccc(COc3ccc(OC)cc3)cc2)cn1. The molecule has 140 valence electrons. The van der Waals surface area contributed by atoms with Crippen LogP contribution in [-0.4, -0.2) is 22.8 Å². The molecule has 0 fully saturated rings. The van der Waals surface area contributed by atoms with Gasteiger partial charge in [0.15, 0.2) is 0 Å². The number of carbonyl (C=O) groups excluding carboxylic acids is 1. The van der Waals surface area contributed by atoms with Crippen LogP contribution in [0.15, 0.2) is 60.9 Å². The molecule has 6 nitrogen and oxygen atoms in total. The molecule has 0 saturated carbocycles. The molecule has 0 aliphatic carbocycles. The molecule has 0 bridgehead atoms. The van der Waals surface area contributed by atoms with Crippen LogP contribution in [0.25, 0.3) is 0 Å². The third-order valence-corrected chi connectivity index (χ3v) is 4.14. The summed E-state index contributed by atoms with van der Waals surface area (Å²) in [6, 6.07) is 14.8.